The molecule has 0 spiro atoms. The van der Waals surface area contributed by atoms with Crippen LogP contribution >= 0.6 is 0 Å². The van der Waals surface area contributed by atoms with E-state index in [2.05, 4.69) is 14.9 Å². The quantitative estimate of drug-likeness (QED) is 0.577. The molecule has 4 rings (SSSR count). The maximum atomic E-state index is 12.9. The van der Waals surface area contributed by atoms with Gasteiger partial charge in [0, 0.05) is 31.6 Å². The molecule has 9 heteroatoms. The number of pyridine rings is 1. The predicted octanol–water partition coefficient (Wildman–Crippen LogP) is 2.52. The van der Waals surface area contributed by atoms with Crippen molar-refractivity contribution in [2.75, 3.05) is 44.6 Å². The zero-order valence-corrected chi connectivity index (χ0v) is 18.2. The topological polar surface area (TPSA) is 94.5 Å². The Morgan fingerprint density at radius 1 is 1.06 bits per heavy atom. The van der Waals surface area contributed by atoms with Crippen molar-refractivity contribution in [1.82, 2.24) is 15.0 Å². The van der Waals surface area contributed by atoms with E-state index >= 15 is 0 Å². The number of hydrogen-bond acceptors (Lipinski definition) is 8. The fourth-order valence-corrected chi connectivity index (χ4v) is 4.78. The Hall–Kier alpha value is -3.04. The Balaban J connectivity index is 1.86. The molecule has 1 unspecified atom stereocenters. The van der Waals surface area contributed by atoms with Gasteiger partial charge in [-0.1, -0.05) is 18.2 Å². The SMILES string of the molecule is COc1ccc(C(c2cc(N3CCOCC3)nc(-c3ccccn3)n2)S(C)(=O)=O)cc1. The first-order chi connectivity index (χ1) is 15.0. The fourth-order valence-electron chi connectivity index (χ4n) is 3.57. The van der Waals surface area contributed by atoms with Gasteiger partial charge in [0.15, 0.2) is 15.7 Å². The van der Waals surface area contributed by atoms with E-state index in [0.717, 1.165) is 0 Å². The van der Waals surface area contributed by atoms with Gasteiger partial charge in [-0.3, -0.25) is 4.98 Å². The number of benzene rings is 1. The van der Waals surface area contributed by atoms with Crippen LogP contribution in [0.25, 0.3) is 11.5 Å². The van der Waals surface area contributed by atoms with Crippen LogP contribution in [-0.4, -0.2) is 63.0 Å². The molecular weight excluding hydrogens is 416 g/mol. The van der Waals surface area contributed by atoms with Crippen molar-refractivity contribution in [2.24, 2.45) is 0 Å². The van der Waals surface area contributed by atoms with Crippen LogP contribution < -0.4 is 9.64 Å². The highest BCUT2D eigenvalue weighted by Crippen LogP contribution is 2.32. The molecule has 1 aliphatic heterocycles. The molecule has 0 N–H and O–H groups in total. The summed E-state index contributed by atoms with van der Waals surface area (Å²) in [4.78, 5) is 15.8. The number of hydrogen-bond donors (Lipinski definition) is 0. The number of morpholine rings is 1. The van der Waals surface area contributed by atoms with E-state index in [-0.39, 0.29) is 0 Å². The van der Waals surface area contributed by atoms with Crippen LogP contribution in [0.15, 0.2) is 54.7 Å². The molecule has 3 heterocycles. The maximum Gasteiger partial charge on any atom is 0.180 e. The van der Waals surface area contributed by atoms with Crippen molar-refractivity contribution in [3.05, 3.63) is 66.0 Å². The van der Waals surface area contributed by atoms with Gasteiger partial charge in [0.05, 0.1) is 26.0 Å². The average Bonchev–Trinajstić information content (AvgIpc) is 2.80. The standard InChI is InChI=1S/C22H24N4O4S/c1-29-17-8-6-16(7-9-17)21(31(2,27)28)19-15-20(26-11-13-30-14-12-26)25-22(24-19)18-5-3-4-10-23-18/h3-10,15,21H,11-14H2,1-2H3. The van der Waals surface area contributed by atoms with Gasteiger partial charge in [0.25, 0.3) is 0 Å². The molecule has 3 aromatic rings. The molecule has 1 fully saturated rings. The van der Waals surface area contributed by atoms with Crippen molar-refractivity contribution in [3.63, 3.8) is 0 Å². The molecule has 31 heavy (non-hydrogen) atoms. The molecule has 1 atom stereocenters. The van der Waals surface area contributed by atoms with Gasteiger partial charge in [-0.15, -0.1) is 0 Å². The molecule has 0 amide bonds. The van der Waals surface area contributed by atoms with Crippen molar-refractivity contribution >= 4 is 15.7 Å². The third-order valence-electron chi connectivity index (χ3n) is 5.08. The summed E-state index contributed by atoms with van der Waals surface area (Å²) >= 11 is 0. The maximum absolute atomic E-state index is 12.9. The summed E-state index contributed by atoms with van der Waals surface area (Å²) < 4.78 is 36.4. The zero-order valence-electron chi connectivity index (χ0n) is 17.4. The number of sulfone groups is 1. The van der Waals surface area contributed by atoms with Gasteiger partial charge in [0.2, 0.25) is 0 Å². The number of methoxy groups -OCH3 is 1. The lowest BCUT2D eigenvalue weighted by molar-refractivity contribution is 0.122. The minimum Gasteiger partial charge on any atom is -0.497 e. The van der Waals surface area contributed by atoms with Crippen LogP contribution in [0.5, 0.6) is 5.75 Å². The zero-order chi connectivity index (χ0) is 21.8. The van der Waals surface area contributed by atoms with Crippen LogP contribution in [0.1, 0.15) is 16.5 Å². The highest BCUT2D eigenvalue weighted by atomic mass is 32.2. The summed E-state index contributed by atoms with van der Waals surface area (Å²) in [5, 5.41) is -0.941. The van der Waals surface area contributed by atoms with Gasteiger partial charge >= 0.3 is 0 Å². The molecule has 1 aromatic carbocycles. The Labute approximate surface area is 181 Å². The molecule has 0 saturated carbocycles. The second-order valence-corrected chi connectivity index (χ2v) is 9.40. The molecule has 8 nitrogen and oxygen atoms in total. The predicted molar refractivity (Wildman–Crippen MR) is 118 cm³/mol. The Bertz CT molecular complexity index is 1130. The first-order valence-corrected chi connectivity index (χ1v) is 11.9. The molecule has 1 saturated heterocycles. The number of nitrogens with zero attached hydrogens (tertiary/aromatic N) is 4. The minimum atomic E-state index is -3.53. The second-order valence-electron chi connectivity index (χ2n) is 7.27. The summed E-state index contributed by atoms with van der Waals surface area (Å²) in [5.74, 6) is 1.71. The molecule has 0 bridgehead atoms. The van der Waals surface area contributed by atoms with Crippen molar-refractivity contribution in [1.29, 1.82) is 0 Å². The molecule has 162 valence electrons. The number of ether oxygens (including phenoxy) is 2. The van der Waals surface area contributed by atoms with E-state index in [1.165, 1.54) is 6.26 Å². The lowest BCUT2D eigenvalue weighted by Gasteiger charge is -2.28. The highest BCUT2D eigenvalue weighted by molar-refractivity contribution is 7.91. The van der Waals surface area contributed by atoms with Gasteiger partial charge in [-0.2, -0.15) is 0 Å². The smallest absolute Gasteiger partial charge is 0.180 e. The number of aromatic nitrogens is 3. The molecule has 2 aromatic heterocycles. The highest BCUT2D eigenvalue weighted by Gasteiger charge is 2.29. The van der Waals surface area contributed by atoms with E-state index in [4.69, 9.17) is 14.5 Å². The third-order valence-corrected chi connectivity index (χ3v) is 6.45. The summed E-state index contributed by atoms with van der Waals surface area (Å²) in [6.07, 6.45) is 2.89. The summed E-state index contributed by atoms with van der Waals surface area (Å²) in [7, 11) is -1.96. The summed E-state index contributed by atoms with van der Waals surface area (Å²) in [6, 6.07) is 14.2. The monoisotopic (exact) mass is 440 g/mol. The van der Waals surface area contributed by atoms with Gasteiger partial charge in [-0.25, -0.2) is 18.4 Å². The average molecular weight is 441 g/mol. The second kappa shape index (κ2) is 8.99. The van der Waals surface area contributed by atoms with Crippen molar-refractivity contribution in [3.8, 4) is 17.3 Å². The number of rotatable bonds is 6. The fraction of sp³-hybridized carbons (Fsp3) is 0.318. The Morgan fingerprint density at radius 3 is 2.42 bits per heavy atom. The molecule has 0 aliphatic carbocycles. The van der Waals surface area contributed by atoms with Gasteiger partial charge in [0.1, 0.15) is 22.5 Å². The van der Waals surface area contributed by atoms with Gasteiger partial charge < -0.3 is 14.4 Å². The lowest BCUT2D eigenvalue weighted by atomic mass is 10.1. The van der Waals surface area contributed by atoms with Crippen molar-refractivity contribution < 1.29 is 17.9 Å². The Kier molecular flexibility index (Phi) is 6.15. The van der Waals surface area contributed by atoms with Crippen LogP contribution in [0.3, 0.4) is 0 Å². The first-order valence-electron chi connectivity index (χ1n) is 9.91. The van der Waals surface area contributed by atoms with E-state index in [1.807, 2.05) is 18.2 Å². The Morgan fingerprint density at radius 2 is 1.81 bits per heavy atom. The first kappa shape index (κ1) is 21.2. The summed E-state index contributed by atoms with van der Waals surface area (Å²) in [5.41, 5.74) is 1.60. The summed E-state index contributed by atoms with van der Waals surface area (Å²) in [6.45, 7) is 2.52. The third kappa shape index (κ3) is 4.83. The largest absolute Gasteiger partial charge is 0.497 e. The van der Waals surface area contributed by atoms with Crippen LogP contribution in [0.4, 0.5) is 5.82 Å². The van der Waals surface area contributed by atoms with Crippen LogP contribution in [0, 0.1) is 0 Å². The van der Waals surface area contributed by atoms with E-state index in [9.17, 15) is 8.42 Å². The van der Waals surface area contributed by atoms with Crippen LogP contribution in [0.2, 0.25) is 0 Å². The van der Waals surface area contributed by atoms with E-state index < -0.39 is 15.1 Å². The van der Waals surface area contributed by atoms with Crippen LogP contribution in [-0.2, 0) is 14.6 Å². The van der Waals surface area contributed by atoms with E-state index in [0.29, 0.717) is 60.6 Å². The normalized spacial score (nSPS) is 15.5. The minimum absolute atomic E-state index is 0.391. The number of anilines is 1. The van der Waals surface area contributed by atoms with Crippen molar-refractivity contribution in [2.45, 2.75) is 5.25 Å². The van der Waals surface area contributed by atoms with E-state index in [1.54, 1.807) is 43.6 Å². The molecule has 0 radical (unpaired) electrons. The molecular formula is C22H24N4O4S. The van der Waals surface area contributed by atoms with Gasteiger partial charge in [-0.05, 0) is 29.8 Å². The lowest BCUT2D eigenvalue weighted by Crippen LogP contribution is -2.37. The molecule has 1 aliphatic rings.